The second-order valence-corrected chi connectivity index (χ2v) is 6.24. The first kappa shape index (κ1) is 20.4. The summed E-state index contributed by atoms with van der Waals surface area (Å²) in [7, 11) is 0. The molecule has 2 rings (SSSR count). The van der Waals surface area contributed by atoms with Crippen molar-refractivity contribution in [2.24, 2.45) is 0 Å². The molecule has 0 N–H and O–H groups in total. The number of ether oxygens (including phenoxy) is 1. The van der Waals surface area contributed by atoms with Crippen LogP contribution in [0.25, 0.3) is 0 Å². The van der Waals surface area contributed by atoms with Crippen molar-refractivity contribution in [1.29, 1.82) is 0 Å². The van der Waals surface area contributed by atoms with E-state index in [-0.39, 0.29) is 0 Å². The SMILES string of the molecule is Cc1cc(C)c(C(=O)COC(=O)Cn2cc(C(F)(F)F)ccc2=O)c(C)c1. The fourth-order valence-corrected chi connectivity index (χ4v) is 2.85. The molecule has 0 radical (unpaired) electrons. The van der Waals surface area contributed by atoms with Crippen LogP contribution in [0.2, 0.25) is 0 Å². The van der Waals surface area contributed by atoms with Crippen molar-refractivity contribution in [3.8, 4) is 0 Å². The normalized spacial score (nSPS) is 11.3. The topological polar surface area (TPSA) is 65.4 Å². The summed E-state index contributed by atoms with van der Waals surface area (Å²) in [5.41, 5.74) is 1.06. The molecule has 8 heteroatoms. The Bertz CT molecular complexity index is 922. The molecule has 144 valence electrons. The van der Waals surface area contributed by atoms with Crippen molar-refractivity contribution >= 4 is 11.8 Å². The Morgan fingerprint density at radius 1 is 1.07 bits per heavy atom. The number of rotatable bonds is 5. The number of ketones is 1. The van der Waals surface area contributed by atoms with E-state index in [2.05, 4.69) is 0 Å². The van der Waals surface area contributed by atoms with E-state index in [1.807, 2.05) is 19.1 Å². The maximum atomic E-state index is 12.7. The van der Waals surface area contributed by atoms with Gasteiger partial charge in [-0.1, -0.05) is 17.7 Å². The summed E-state index contributed by atoms with van der Waals surface area (Å²) in [6, 6.07) is 5.01. The van der Waals surface area contributed by atoms with Crippen LogP contribution in [0.1, 0.15) is 32.6 Å². The summed E-state index contributed by atoms with van der Waals surface area (Å²) in [5.74, 6) is -1.40. The van der Waals surface area contributed by atoms with E-state index in [9.17, 15) is 27.6 Å². The van der Waals surface area contributed by atoms with Crippen LogP contribution in [0.5, 0.6) is 0 Å². The molecule has 0 aliphatic heterocycles. The molecule has 0 saturated carbocycles. The summed E-state index contributed by atoms with van der Waals surface area (Å²) in [6.45, 7) is 4.13. The number of aromatic nitrogens is 1. The lowest BCUT2D eigenvalue weighted by molar-refractivity contribution is -0.144. The largest absolute Gasteiger partial charge is 0.456 e. The van der Waals surface area contributed by atoms with Gasteiger partial charge in [0.15, 0.2) is 6.61 Å². The number of Topliss-reactive ketones (excluding diaryl/α,β-unsaturated/α-hetero) is 1. The highest BCUT2D eigenvalue weighted by atomic mass is 19.4. The summed E-state index contributed by atoms with van der Waals surface area (Å²) >= 11 is 0. The number of hydrogen-bond acceptors (Lipinski definition) is 4. The monoisotopic (exact) mass is 381 g/mol. The molecule has 27 heavy (non-hydrogen) atoms. The van der Waals surface area contributed by atoms with Gasteiger partial charge in [-0.25, -0.2) is 0 Å². The molecule has 0 atom stereocenters. The number of carbonyl (C=O) groups excluding carboxylic acids is 2. The summed E-state index contributed by atoms with van der Waals surface area (Å²) in [5, 5.41) is 0. The van der Waals surface area contributed by atoms with Crippen molar-refractivity contribution in [2.45, 2.75) is 33.5 Å². The van der Waals surface area contributed by atoms with E-state index in [1.54, 1.807) is 13.8 Å². The molecule has 0 amide bonds. The maximum Gasteiger partial charge on any atom is 0.417 e. The van der Waals surface area contributed by atoms with E-state index < -0.39 is 42.2 Å². The van der Waals surface area contributed by atoms with Crippen LogP contribution < -0.4 is 5.56 Å². The van der Waals surface area contributed by atoms with Gasteiger partial charge in [-0.3, -0.25) is 14.4 Å². The number of esters is 1. The van der Waals surface area contributed by atoms with Crippen molar-refractivity contribution in [3.63, 3.8) is 0 Å². The van der Waals surface area contributed by atoms with Gasteiger partial charge < -0.3 is 9.30 Å². The van der Waals surface area contributed by atoms with Crippen molar-refractivity contribution in [2.75, 3.05) is 6.61 Å². The molecule has 0 spiro atoms. The maximum absolute atomic E-state index is 12.7. The summed E-state index contributed by atoms with van der Waals surface area (Å²) < 4.78 is 43.6. The highest BCUT2D eigenvalue weighted by Crippen LogP contribution is 2.28. The third-order valence-electron chi connectivity index (χ3n) is 3.93. The molecule has 0 aliphatic carbocycles. The molecular formula is C19H18F3NO4. The Hall–Kier alpha value is -2.90. The van der Waals surface area contributed by atoms with Crippen molar-refractivity contribution in [1.82, 2.24) is 4.57 Å². The van der Waals surface area contributed by atoms with E-state index >= 15 is 0 Å². The van der Waals surface area contributed by atoms with Crippen LogP contribution in [-0.2, 0) is 22.3 Å². The molecule has 0 fully saturated rings. The second kappa shape index (κ2) is 7.77. The smallest absolute Gasteiger partial charge is 0.417 e. The Balaban J connectivity index is 2.07. The lowest BCUT2D eigenvalue weighted by atomic mass is 9.97. The van der Waals surface area contributed by atoms with Crippen LogP contribution in [0, 0.1) is 20.8 Å². The van der Waals surface area contributed by atoms with Gasteiger partial charge in [0.2, 0.25) is 5.78 Å². The molecule has 1 aromatic carbocycles. The highest BCUT2D eigenvalue weighted by Gasteiger charge is 2.31. The first-order chi connectivity index (χ1) is 12.5. The van der Waals surface area contributed by atoms with Gasteiger partial charge in [0.05, 0.1) is 5.56 Å². The number of halogens is 3. The number of nitrogens with zero attached hydrogens (tertiary/aromatic N) is 1. The quantitative estimate of drug-likeness (QED) is 0.589. The van der Waals surface area contributed by atoms with Gasteiger partial charge in [-0.15, -0.1) is 0 Å². The minimum Gasteiger partial charge on any atom is -0.456 e. The minimum absolute atomic E-state index is 0.422. The van der Waals surface area contributed by atoms with Crippen molar-refractivity contribution in [3.05, 3.63) is 68.6 Å². The molecule has 1 heterocycles. The number of pyridine rings is 1. The predicted octanol–water partition coefficient (Wildman–Crippen LogP) is 3.22. The zero-order valence-electron chi connectivity index (χ0n) is 15.0. The van der Waals surface area contributed by atoms with Crippen LogP contribution >= 0.6 is 0 Å². The standard InChI is InChI=1S/C19H18F3NO4/c1-11-6-12(2)18(13(3)7-11)15(24)10-27-17(26)9-23-8-14(19(20,21)22)4-5-16(23)25/h4-8H,9-10H2,1-3H3. The number of hydrogen-bond donors (Lipinski definition) is 0. The Labute approximate surface area is 153 Å². The van der Waals surface area contributed by atoms with Crippen LogP contribution in [-0.4, -0.2) is 22.9 Å². The zero-order chi connectivity index (χ0) is 20.4. The number of aryl methyl sites for hydroxylation is 3. The van der Waals surface area contributed by atoms with E-state index in [4.69, 9.17) is 4.74 Å². The lowest BCUT2D eigenvalue weighted by Crippen LogP contribution is -2.27. The molecule has 1 aromatic heterocycles. The Kier molecular flexibility index (Phi) is 5.88. The van der Waals surface area contributed by atoms with Gasteiger partial charge in [-0.2, -0.15) is 13.2 Å². The first-order valence-corrected chi connectivity index (χ1v) is 8.03. The van der Waals surface area contributed by atoms with Gasteiger partial charge in [0, 0.05) is 17.8 Å². The minimum atomic E-state index is -4.64. The second-order valence-electron chi connectivity index (χ2n) is 6.24. The molecule has 2 aromatic rings. The number of benzene rings is 1. The molecule has 0 unspecified atom stereocenters. The van der Waals surface area contributed by atoms with Crippen LogP contribution in [0.4, 0.5) is 13.2 Å². The van der Waals surface area contributed by atoms with Gasteiger partial charge in [0.25, 0.3) is 5.56 Å². The first-order valence-electron chi connectivity index (χ1n) is 8.03. The van der Waals surface area contributed by atoms with E-state index in [0.29, 0.717) is 22.4 Å². The third kappa shape index (κ3) is 5.06. The van der Waals surface area contributed by atoms with Gasteiger partial charge >= 0.3 is 12.1 Å². The van der Waals surface area contributed by atoms with Gasteiger partial charge in [0.1, 0.15) is 6.54 Å². The molecule has 5 nitrogen and oxygen atoms in total. The summed E-state index contributed by atoms with van der Waals surface area (Å²) in [6.07, 6.45) is -4.10. The Morgan fingerprint density at radius 3 is 2.22 bits per heavy atom. The highest BCUT2D eigenvalue weighted by molar-refractivity contribution is 6.00. The summed E-state index contributed by atoms with van der Waals surface area (Å²) in [4.78, 5) is 35.8. The third-order valence-corrected chi connectivity index (χ3v) is 3.93. The fraction of sp³-hybridized carbons (Fsp3) is 0.316. The van der Waals surface area contributed by atoms with E-state index in [1.165, 1.54) is 0 Å². The Morgan fingerprint density at radius 2 is 1.67 bits per heavy atom. The number of alkyl halides is 3. The average Bonchev–Trinajstić information content (AvgIpc) is 2.53. The molecular weight excluding hydrogens is 363 g/mol. The molecule has 0 saturated heterocycles. The average molecular weight is 381 g/mol. The van der Waals surface area contributed by atoms with Crippen molar-refractivity contribution < 1.29 is 27.5 Å². The van der Waals surface area contributed by atoms with Gasteiger partial charge in [-0.05, 0) is 38.0 Å². The molecule has 0 bridgehead atoms. The lowest BCUT2D eigenvalue weighted by Gasteiger charge is -2.12. The van der Waals surface area contributed by atoms with Crippen LogP contribution in [0.15, 0.2) is 35.3 Å². The van der Waals surface area contributed by atoms with E-state index in [0.717, 1.165) is 22.8 Å². The zero-order valence-corrected chi connectivity index (χ0v) is 15.0. The fourth-order valence-electron chi connectivity index (χ4n) is 2.85. The van der Waals surface area contributed by atoms with Crippen LogP contribution in [0.3, 0.4) is 0 Å². The number of carbonyl (C=O) groups is 2. The molecule has 0 aliphatic rings. The predicted molar refractivity (Wildman–Crippen MR) is 91.6 cm³/mol.